The summed E-state index contributed by atoms with van der Waals surface area (Å²) < 4.78 is 0. The molecule has 2 heteroatoms. The first-order valence-corrected chi connectivity index (χ1v) is 7.85. The van der Waals surface area contributed by atoms with Crippen LogP contribution in [-0.2, 0) is 0 Å². The maximum atomic E-state index is 4.97. The first-order chi connectivity index (χ1) is 8.35. The van der Waals surface area contributed by atoms with Gasteiger partial charge in [0.1, 0.15) is 0 Å². The molecular formula is C16H25NS. The molecule has 0 saturated heterocycles. The van der Waals surface area contributed by atoms with Gasteiger partial charge in [0, 0.05) is 0 Å². The predicted octanol–water partition coefficient (Wildman–Crippen LogP) is 4.72. The van der Waals surface area contributed by atoms with Crippen LogP contribution in [-0.4, -0.2) is 10.7 Å². The molecule has 1 nitrogen and oxygen atoms in total. The number of isothiocyanates is 1. The number of thiocarbonyl (C=S) groups is 1. The van der Waals surface area contributed by atoms with Gasteiger partial charge in [-0.2, -0.15) is 0 Å². The average Bonchev–Trinajstić information content (AvgIpc) is 2.44. The molecule has 0 radical (unpaired) electrons. The van der Waals surface area contributed by atoms with Gasteiger partial charge in [-0.1, -0.05) is 27.7 Å². The molecule has 100 valence electrons. The zero-order valence-electron chi connectivity index (χ0n) is 12.1. The van der Waals surface area contributed by atoms with Crippen molar-refractivity contribution in [3.05, 3.63) is 0 Å². The Hall–Kier alpha value is -0.200. The smallest absolute Gasteiger partial charge is 0.0770 e. The summed E-state index contributed by atoms with van der Waals surface area (Å²) in [6.45, 7) is 9.68. The minimum Gasteiger partial charge on any atom is -0.225 e. The van der Waals surface area contributed by atoms with E-state index in [4.69, 9.17) is 17.2 Å². The van der Waals surface area contributed by atoms with Crippen molar-refractivity contribution in [3.8, 4) is 0 Å². The maximum absolute atomic E-state index is 4.97. The van der Waals surface area contributed by atoms with Crippen LogP contribution in [0.15, 0.2) is 4.99 Å². The SMILES string of the molecule is CC(C)C1(N=C=S)CC2(C)CC3(C)CCC2C1C3. The highest BCUT2D eigenvalue weighted by atomic mass is 32.1. The lowest BCUT2D eigenvalue weighted by Crippen LogP contribution is -2.47. The molecule has 0 aromatic carbocycles. The summed E-state index contributed by atoms with van der Waals surface area (Å²) in [5.41, 5.74) is 1.18. The number of rotatable bonds is 2. The minimum atomic E-state index is 0.0966. The molecular weight excluding hydrogens is 238 g/mol. The summed E-state index contributed by atoms with van der Waals surface area (Å²) in [4.78, 5) is 4.76. The topological polar surface area (TPSA) is 12.4 Å². The highest BCUT2D eigenvalue weighted by molar-refractivity contribution is 7.78. The van der Waals surface area contributed by atoms with Crippen molar-refractivity contribution < 1.29 is 0 Å². The molecule has 4 aliphatic rings. The Labute approximate surface area is 116 Å². The largest absolute Gasteiger partial charge is 0.225 e. The van der Waals surface area contributed by atoms with Crippen LogP contribution in [0.3, 0.4) is 0 Å². The summed E-state index contributed by atoms with van der Waals surface area (Å²) in [5.74, 6) is 2.22. The van der Waals surface area contributed by atoms with Crippen LogP contribution < -0.4 is 0 Å². The molecule has 18 heavy (non-hydrogen) atoms. The molecule has 0 spiro atoms. The number of hydrogen-bond acceptors (Lipinski definition) is 2. The van der Waals surface area contributed by atoms with Gasteiger partial charge in [0.05, 0.1) is 10.7 Å². The monoisotopic (exact) mass is 263 g/mol. The Morgan fingerprint density at radius 1 is 1.22 bits per heavy atom. The summed E-state index contributed by atoms with van der Waals surface area (Å²) in [6.07, 6.45) is 6.86. The van der Waals surface area contributed by atoms with E-state index >= 15 is 0 Å². The molecule has 5 unspecified atom stereocenters. The highest BCUT2D eigenvalue weighted by Gasteiger charge is 2.67. The fourth-order valence-electron chi connectivity index (χ4n) is 6.05. The zero-order chi connectivity index (χ0) is 13.2. The van der Waals surface area contributed by atoms with Crippen LogP contribution in [0.25, 0.3) is 0 Å². The van der Waals surface area contributed by atoms with E-state index in [1.807, 2.05) is 0 Å². The summed E-state index contributed by atoms with van der Waals surface area (Å²) >= 11 is 4.97. The van der Waals surface area contributed by atoms with E-state index in [0.717, 1.165) is 11.8 Å². The average molecular weight is 263 g/mol. The quantitative estimate of drug-likeness (QED) is 0.518. The van der Waals surface area contributed by atoms with Crippen LogP contribution in [0.1, 0.15) is 59.8 Å². The van der Waals surface area contributed by atoms with Gasteiger partial charge in [0.2, 0.25) is 0 Å². The second-order valence-electron chi connectivity index (χ2n) is 8.12. The normalized spacial score (nSPS) is 53.6. The Morgan fingerprint density at radius 3 is 2.50 bits per heavy atom. The third kappa shape index (κ3) is 1.45. The van der Waals surface area contributed by atoms with Crippen molar-refractivity contribution in [2.75, 3.05) is 0 Å². The van der Waals surface area contributed by atoms with Crippen LogP contribution in [0.4, 0.5) is 0 Å². The van der Waals surface area contributed by atoms with E-state index in [0.29, 0.717) is 16.7 Å². The molecule has 0 aliphatic heterocycles. The van der Waals surface area contributed by atoms with Gasteiger partial charge < -0.3 is 0 Å². The lowest BCUT2D eigenvalue weighted by molar-refractivity contribution is -0.0460. The lowest BCUT2D eigenvalue weighted by Gasteiger charge is -2.55. The van der Waals surface area contributed by atoms with E-state index in [9.17, 15) is 0 Å². The molecule has 4 bridgehead atoms. The molecule has 4 fully saturated rings. The molecule has 4 saturated carbocycles. The van der Waals surface area contributed by atoms with E-state index in [1.54, 1.807) is 0 Å². The Bertz CT molecular complexity index is 425. The standard InChI is InChI=1S/C16H25NS/c1-11(2)16(17-10-18)9-15(4)8-14(3)6-5-12(15)13(16)7-14/h11-13H,5-9H2,1-4H3. The van der Waals surface area contributed by atoms with Gasteiger partial charge in [-0.25, -0.2) is 4.99 Å². The Kier molecular flexibility index (Phi) is 2.61. The van der Waals surface area contributed by atoms with E-state index in [2.05, 4.69) is 32.9 Å². The van der Waals surface area contributed by atoms with Gasteiger partial charge >= 0.3 is 0 Å². The number of hydrogen-bond donors (Lipinski definition) is 0. The fraction of sp³-hybridized carbons (Fsp3) is 0.938. The Morgan fingerprint density at radius 2 is 1.94 bits per heavy atom. The molecule has 0 amide bonds. The van der Waals surface area contributed by atoms with Gasteiger partial charge in [0.15, 0.2) is 0 Å². The lowest BCUT2D eigenvalue weighted by atomic mass is 9.50. The molecule has 0 aromatic heterocycles. The number of fused-ring (bicyclic) bond motifs is 1. The molecule has 4 aliphatic carbocycles. The number of aliphatic imine (C=N–C) groups is 1. The third-order valence-corrected chi connectivity index (χ3v) is 6.66. The van der Waals surface area contributed by atoms with Crippen LogP contribution in [0.5, 0.6) is 0 Å². The van der Waals surface area contributed by atoms with Crippen LogP contribution >= 0.6 is 12.2 Å². The van der Waals surface area contributed by atoms with Gasteiger partial charge in [-0.15, -0.1) is 0 Å². The van der Waals surface area contributed by atoms with Gasteiger partial charge in [-0.05, 0) is 72.9 Å². The summed E-state index contributed by atoms with van der Waals surface area (Å²) in [5, 5.41) is 2.74. The predicted molar refractivity (Wildman–Crippen MR) is 78.9 cm³/mol. The second-order valence-corrected chi connectivity index (χ2v) is 8.31. The van der Waals surface area contributed by atoms with Crippen LogP contribution in [0.2, 0.25) is 0 Å². The molecule has 0 N–H and O–H groups in total. The van der Waals surface area contributed by atoms with Crippen molar-refractivity contribution in [2.24, 2.45) is 33.6 Å². The second kappa shape index (κ2) is 3.67. The van der Waals surface area contributed by atoms with Gasteiger partial charge in [-0.3, -0.25) is 0 Å². The van der Waals surface area contributed by atoms with E-state index in [-0.39, 0.29) is 5.54 Å². The molecule has 0 aromatic rings. The molecule has 5 atom stereocenters. The zero-order valence-corrected chi connectivity index (χ0v) is 12.9. The number of nitrogens with zero attached hydrogens (tertiary/aromatic N) is 1. The summed E-state index contributed by atoms with van der Waals surface area (Å²) in [7, 11) is 0. The maximum Gasteiger partial charge on any atom is 0.0770 e. The molecule has 0 heterocycles. The van der Waals surface area contributed by atoms with Gasteiger partial charge in [0.25, 0.3) is 0 Å². The Balaban J connectivity index is 2.10. The highest BCUT2D eigenvalue weighted by Crippen LogP contribution is 2.72. The summed E-state index contributed by atoms with van der Waals surface area (Å²) in [6, 6.07) is 0. The third-order valence-electron chi connectivity index (χ3n) is 6.57. The van der Waals surface area contributed by atoms with Crippen molar-refractivity contribution in [1.29, 1.82) is 0 Å². The first-order valence-electron chi connectivity index (χ1n) is 7.44. The van der Waals surface area contributed by atoms with Crippen molar-refractivity contribution in [2.45, 2.75) is 65.3 Å². The van der Waals surface area contributed by atoms with E-state index in [1.165, 1.54) is 32.1 Å². The molecule has 4 rings (SSSR count). The van der Waals surface area contributed by atoms with Crippen molar-refractivity contribution in [3.63, 3.8) is 0 Å². The van der Waals surface area contributed by atoms with E-state index < -0.39 is 0 Å². The first kappa shape index (κ1) is 12.8. The fourth-order valence-corrected chi connectivity index (χ4v) is 6.22. The van der Waals surface area contributed by atoms with Crippen LogP contribution in [0, 0.1) is 28.6 Å². The minimum absolute atomic E-state index is 0.0966. The van der Waals surface area contributed by atoms with Crippen molar-refractivity contribution in [1.82, 2.24) is 0 Å². The van der Waals surface area contributed by atoms with Crippen molar-refractivity contribution >= 4 is 17.4 Å².